The molecule has 2 heterocycles. The monoisotopic (exact) mass is 303 g/mol. The van der Waals surface area contributed by atoms with Gasteiger partial charge in [0.15, 0.2) is 11.6 Å². The molecule has 2 aromatic heterocycles. The molecule has 22 heavy (non-hydrogen) atoms. The zero-order valence-corrected chi connectivity index (χ0v) is 12.0. The summed E-state index contributed by atoms with van der Waals surface area (Å²) >= 11 is 0. The quantitative estimate of drug-likeness (QED) is 0.424. The van der Waals surface area contributed by atoms with Crippen LogP contribution in [-0.4, -0.2) is 41.1 Å². The number of nitrogens with one attached hydrogen (secondary N) is 3. The summed E-state index contributed by atoms with van der Waals surface area (Å²) < 4.78 is 4.94. The smallest absolute Gasteiger partial charge is 0.288 e. The summed E-state index contributed by atoms with van der Waals surface area (Å²) in [5, 5.41) is 3.01. The second-order valence-corrected chi connectivity index (χ2v) is 4.20. The summed E-state index contributed by atoms with van der Waals surface area (Å²) in [7, 11) is 1.60. The van der Waals surface area contributed by atoms with Crippen molar-refractivity contribution in [3.05, 3.63) is 36.4 Å². The van der Waals surface area contributed by atoms with E-state index in [0.717, 1.165) is 0 Å². The second-order valence-electron chi connectivity index (χ2n) is 4.20. The van der Waals surface area contributed by atoms with Gasteiger partial charge in [-0.2, -0.15) is 0 Å². The van der Waals surface area contributed by atoms with Crippen molar-refractivity contribution in [3.8, 4) is 0 Å². The largest absolute Gasteiger partial charge is 0.393 e. The Kier molecular flexibility index (Phi) is 5.44. The average molecular weight is 303 g/mol. The van der Waals surface area contributed by atoms with Gasteiger partial charge in [0.05, 0.1) is 6.61 Å². The predicted molar refractivity (Wildman–Crippen MR) is 82.1 cm³/mol. The Balaban J connectivity index is 1.98. The Labute approximate surface area is 127 Å². The van der Waals surface area contributed by atoms with Crippen molar-refractivity contribution in [1.29, 1.82) is 0 Å². The van der Waals surface area contributed by atoms with Crippen LogP contribution in [0.25, 0.3) is 0 Å². The summed E-state index contributed by atoms with van der Waals surface area (Å²) in [6.45, 7) is 1.07. The number of nitrogens with zero attached hydrogens (tertiary/aromatic N) is 3. The van der Waals surface area contributed by atoms with Crippen LogP contribution in [0.15, 0.2) is 30.7 Å². The molecule has 2 aromatic rings. The third-order valence-corrected chi connectivity index (χ3v) is 2.67. The number of ether oxygens (including phenoxy) is 1. The molecule has 0 aliphatic heterocycles. The lowest BCUT2D eigenvalue weighted by Gasteiger charge is -2.12. The highest BCUT2D eigenvalue weighted by Gasteiger charge is 2.10. The molecule has 2 rings (SSSR count). The van der Waals surface area contributed by atoms with Crippen LogP contribution >= 0.6 is 0 Å². The highest BCUT2D eigenvalue weighted by Crippen LogP contribution is 2.21. The van der Waals surface area contributed by atoms with E-state index in [2.05, 4.69) is 31.1 Å². The third-order valence-electron chi connectivity index (χ3n) is 2.67. The number of carbonyl (C=O) groups excluding carboxylic acids is 1. The summed E-state index contributed by atoms with van der Waals surface area (Å²) in [6.07, 6.45) is 2.87. The third kappa shape index (κ3) is 4.03. The fourth-order valence-electron chi connectivity index (χ4n) is 1.58. The fraction of sp³-hybridized carbons (Fsp3) is 0.231. The Morgan fingerprint density at radius 2 is 2.09 bits per heavy atom. The number of nitrogens with two attached hydrogens (primary N) is 1. The van der Waals surface area contributed by atoms with Crippen molar-refractivity contribution in [2.75, 3.05) is 36.7 Å². The topological polar surface area (TPSA) is 127 Å². The van der Waals surface area contributed by atoms with E-state index in [4.69, 9.17) is 10.5 Å². The number of hydrogen-bond acceptors (Lipinski definition) is 8. The number of hydrazine groups is 1. The van der Waals surface area contributed by atoms with E-state index in [1.165, 1.54) is 12.5 Å². The number of pyridine rings is 1. The maximum atomic E-state index is 11.9. The molecule has 0 unspecified atom stereocenters. The van der Waals surface area contributed by atoms with Crippen molar-refractivity contribution in [2.24, 2.45) is 0 Å². The van der Waals surface area contributed by atoms with Crippen LogP contribution in [0.2, 0.25) is 0 Å². The molecule has 1 amide bonds. The number of carbonyl (C=O) groups is 1. The SMILES string of the molecule is COCCNc1ncnc(NNC(=O)c2ccccn2)c1N. The fourth-order valence-corrected chi connectivity index (χ4v) is 1.58. The molecule has 9 nitrogen and oxygen atoms in total. The first kappa shape index (κ1) is 15.4. The van der Waals surface area contributed by atoms with Crippen molar-refractivity contribution < 1.29 is 9.53 Å². The number of rotatable bonds is 7. The molecule has 0 bridgehead atoms. The van der Waals surface area contributed by atoms with Crippen LogP contribution in [0.4, 0.5) is 17.3 Å². The minimum atomic E-state index is -0.396. The molecule has 0 spiro atoms. The minimum Gasteiger partial charge on any atom is -0.393 e. The molecule has 5 N–H and O–H groups in total. The minimum absolute atomic E-state index is 0.279. The van der Waals surface area contributed by atoms with Gasteiger partial charge >= 0.3 is 0 Å². The lowest BCUT2D eigenvalue weighted by atomic mass is 10.3. The molecule has 0 aliphatic carbocycles. The van der Waals surface area contributed by atoms with Crippen LogP contribution in [-0.2, 0) is 4.74 Å². The van der Waals surface area contributed by atoms with Gasteiger partial charge in [0, 0.05) is 19.9 Å². The lowest BCUT2D eigenvalue weighted by Crippen LogP contribution is -2.31. The Morgan fingerprint density at radius 1 is 1.27 bits per heavy atom. The summed E-state index contributed by atoms with van der Waals surface area (Å²) in [6, 6.07) is 5.04. The van der Waals surface area contributed by atoms with Gasteiger partial charge in [-0.3, -0.25) is 20.6 Å². The van der Waals surface area contributed by atoms with Crippen molar-refractivity contribution in [1.82, 2.24) is 20.4 Å². The summed E-state index contributed by atoms with van der Waals surface area (Å²) in [4.78, 5) is 23.8. The molecule has 0 fully saturated rings. The molecule has 0 atom stereocenters. The van der Waals surface area contributed by atoms with Crippen LogP contribution in [0.1, 0.15) is 10.5 Å². The highest BCUT2D eigenvalue weighted by atomic mass is 16.5. The zero-order valence-electron chi connectivity index (χ0n) is 12.0. The predicted octanol–water partition coefficient (Wildman–Crippen LogP) is 0.269. The summed E-state index contributed by atoms with van der Waals surface area (Å²) in [5.41, 5.74) is 11.6. The highest BCUT2D eigenvalue weighted by molar-refractivity contribution is 5.93. The number of amides is 1. The van der Waals surface area contributed by atoms with Gasteiger partial charge in [-0.05, 0) is 12.1 Å². The van der Waals surface area contributed by atoms with Crippen LogP contribution in [0.3, 0.4) is 0 Å². The Hall–Kier alpha value is -2.94. The molecule has 0 aliphatic rings. The van der Waals surface area contributed by atoms with Gasteiger partial charge in [0.1, 0.15) is 17.7 Å². The molecule has 0 aromatic carbocycles. The number of aromatic nitrogens is 3. The number of hydrogen-bond donors (Lipinski definition) is 4. The maximum absolute atomic E-state index is 11.9. The van der Waals surface area contributed by atoms with E-state index in [1.807, 2.05) is 0 Å². The number of anilines is 3. The normalized spacial score (nSPS) is 10.0. The van der Waals surface area contributed by atoms with Gasteiger partial charge in [-0.15, -0.1) is 0 Å². The lowest BCUT2D eigenvalue weighted by molar-refractivity contribution is 0.0957. The molecule has 0 saturated heterocycles. The first-order valence-corrected chi connectivity index (χ1v) is 6.53. The van der Waals surface area contributed by atoms with Crippen molar-refractivity contribution in [3.63, 3.8) is 0 Å². The van der Waals surface area contributed by atoms with Crippen molar-refractivity contribution >= 4 is 23.2 Å². The molecule has 0 radical (unpaired) electrons. The molecule has 0 saturated carbocycles. The average Bonchev–Trinajstić information content (AvgIpc) is 2.56. The standard InChI is InChI=1S/C13H17N7O2/c1-22-7-6-16-11-10(14)12(18-8-17-11)19-20-13(21)9-4-2-3-5-15-9/h2-5,8H,6-7,14H2,1H3,(H,20,21)(H2,16,17,18,19). The molecule has 116 valence electrons. The van der Waals surface area contributed by atoms with E-state index in [1.54, 1.807) is 25.3 Å². The Morgan fingerprint density at radius 3 is 2.82 bits per heavy atom. The van der Waals surface area contributed by atoms with Crippen LogP contribution < -0.4 is 21.9 Å². The van der Waals surface area contributed by atoms with E-state index in [0.29, 0.717) is 30.5 Å². The number of nitrogen functional groups attached to an aromatic ring is 1. The summed E-state index contributed by atoms with van der Waals surface area (Å²) in [5.74, 6) is 0.355. The van der Waals surface area contributed by atoms with Gasteiger partial charge in [-0.25, -0.2) is 9.97 Å². The van der Waals surface area contributed by atoms with Crippen LogP contribution in [0, 0.1) is 0 Å². The molecular weight excluding hydrogens is 286 g/mol. The molecular formula is C13H17N7O2. The van der Waals surface area contributed by atoms with Gasteiger partial charge in [0.25, 0.3) is 5.91 Å². The van der Waals surface area contributed by atoms with E-state index < -0.39 is 5.91 Å². The Bertz CT molecular complexity index is 621. The van der Waals surface area contributed by atoms with Crippen LogP contribution in [0.5, 0.6) is 0 Å². The molecule has 9 heteroatoms. The van der Waals surface area contributed by atoms with Gasteiger partial charge in [0.2, 0.25) is 0 Å². The first-order chi connectivity index (χ1) is 10.7. The second kappa shape index (κ2) is 7.74. The number of methoxy groups -OCH3 is 1. The van der Waals surface area contributed by atoms with E-state index >= 15 is 0 Å². The van der Waals surface area contributed by atoms with Gasteiger partial charge < -0.3 is 15.8 Å². The first-order valence-electron chi connectivity index (χ1n) is 6.53. The van der Waals surface area contributed by atoms with Gasteiger partial charge in [-0.1, -0.05) is 6.07 Å². The van der Waals surface area contributed by atoms with E-state index in [9.17, 15) is 4.79 Å². The maximum Gasteiger partial charge on any atom is 0.288 e. The zero-order chi connectivity index (χ0) is 15.8. The van der Waals surface area contributed by atoms with Crippen molar-refractivity contribution in [2.45, 2.75) is 0 Å². The van der Waals surface area contributed by atoms with E-state index in [-0.39, 0.29) is 5.69 Å².